The molecule has 0 atom stereocenters. The lowest BCUT2D eigenvalue weighted by molar-refractivity contribution is 0.282. The Bertz CT molecular complexity index is 844. The number of fused-ring (bicyclic) bond motifs is 2. The van der Waals surface area contributed by atoms with Crippen molar-refractivity contribution in [3.63, 3.8) is 0 Å². The maximum absolute atomic E-state index is 12.5. The molecule has 0 aliphatic heterocycles. The summed E-state index contributed by atoms with van der Waals surface area (Å²) in [6.45, 7) is 3.78. The summed E-state index contributed by atoms with van der Waals surface area (Å²) in [5.74, 6) is 0. The molecular weight excluding hydrogens is 240 g/mol. The molecule has 2 aromatic carbocycles. The zero-order valence-electron chi connectivity index (χ0n) is 10.9. The molecule has 96 valence electrons. The zero-order valence-corrected chi connectivity index (χ0v) is 10.9. The fourth-order valence-electron chi connectivity index (χ4n) is 2.36. The van der Waals surface area contributed by atoms with Crippen LogP contribution in [0.15, 0.2) is 39.5 Å². The van der Waals surface area contributed by atoms with Crippen LogP contribution in [0.4, 0.5) is 0 Å². The SMILES string of the molecule is Cc1ccc2c(=O)c3cccc(CO)c3oc2c1C. The van der Waals surface area contributed by atoms with E-state index in [1.165, 1.54) is 0 Å². The molecule has 0 unspecified atom stereocenters. The van der Waals surface area contributed by atoms with E-state index in [9.17, 15) is 9.90 Å². The van der Waals surface area contributed by atoms with Crippen LogP contribution in [0.5, 0.6) is 0 Å². The van der Waals surface area contributed by atoms with Crippen LogP contribution in [0.2, 0.25) is 0 Å². The van der Waals surface area contributed by atoms with Crippen LogP contribution in [0.1, 0.15) is 16.7 Å². The molecule has 1 aromatic heterocycles. The second kappa shape index (κ2) is 4.21. The van der Waals surface area contributed by atoms with E-state index in [4.69, 9.17) is 4.42 Å². The first kappa shape index (κ1) is 11.9. The van der Waals surface area contributed by atoms with Gasteiger partial charge >= 0.3 is 0 Å². The van der Waals surface area contributed by atoms with Crippen molar-refractivity contribution in [2.24, 2.45) is 0 Å². The number of aliphatic hydroxyl groups is 1. The van der Waals surface area contributed by atoms with E-state index in [1.54, 1.807) is 24.3 Å². The molecule has 1 heterocycles. The quantitative estimate of drug-likeness (QED) is 0.679. The standard InChI is InChI=1S/C16H14O3/c1-9-6-7-13-14(18)12-5-3-4-11(8-17)16(12)19-15(13)10(9)2/h3-7,17H,8H2,1-2H3. The van der Waals surface area contributed by atoms with Crippen LogP contribution in [0.25, 0.3) is 21.9 Å². The van der Waals surface area contributed by atoms with Gasteiger partial charge in [-0.05, 0) is 37.1 Å². The summed E-state index contributed by atoms with van der Waals surface area (Å²) in [5, 5.41) is 10.5. The maximum Gasteiger partial charge on any atom is 0.200 e. The Kier molecular flexibility index (Phi) is 2.64. The Morgan fingerprint density at radius 1 is 1.05 bits per heavy atom. The molecule has 0 aliphatic rings. The fourth-order valence-corrected chi connectivity index (χ4v) is 2.36. The van der Waals surface area contributed by atoms with Crippen LogP contribution in [0, 0.1) is 13.8 Å². The van der Waals surface area contributed by atoms with Gasteiger partial charge in [-0.25, -0.2) is 0 Å². The van der Waals surface area contributed by atoms with E-state index in [2.05, 4.69) is 0 Å². The van der Waals surface area contributed by atoms with Gasteiger partial charge in [0.2, 0.25) is 5.43 Å². The van der Waals surface area contributed by atoms with Gasteiger partial charge in [-0.2, -0.15) is 0 Å². The number of aryl methyl sites for hydroxylation is 2. The van der Waals surface area contributed by atoms with E-state index in [-0.39, 0.29) is 12.0 Å². The number of benzene rings is 2. The molecule has 0 fully saturated rings. The Labute approximate surface area is 110 Å². The highest BCUT2D eigenvalue weighted by Gasteiger charge is 2.12. The lowest BCUT2D eigenvalue weighted by Crippen LogP contribution is -2.04. The molecule has 0 amide bonds. The van der Waals surface area contributed by atoms with Gasteiger partial charge in [-0.1, -0.05) is 18.2 Å². The van der Waals surface area contributed by atoms with E-state index in [0.29, 0.717) is 27.5 Å². The molecular formula is C16H14O3. The second-order valence-corrected chi connectivity index (χ2v) is 4.77. The van der Waals surface area contributed by atoms with Crippen molar-refractivity contribution in [3.05, 3.63) is 57.2 Å². The summed E-state index contributed by atoms with van der Waals surface area (Å²) in [6.07, 6.45) is 0. The van der Waals surface area contributed by atoms with E-state index in [0.717, 1.165) is 11.1 Å². The third-order valence-electron chi connectivity index (χ3n) is 3.64. The third-order valence-corrected chi connectivity index (χ3v) is 3.64. The first-order valence-corrected chi connectivity index (χ1v) is 6.19. The number of para-hydroxylation sites is 1. The summed E-state index contributed by atoms with van der Waals surface area (Å²) in [6, 6.07) is 8.99. The molecule has 3 nitrogen and oxygen atoms in total. The van der Waals surface area contributed by atoms with Crippen molar-refractivity contribution < 1.29 is 9.52 Å². The van der Waals surface area contributed by atoms with Crippen LogP contribution in [0.3, 0.4) is 0 Å². The van der Waals surface area contributed by atoms with Crippen LogP contribution < -0.4 is 5.43 Å². The second-order valence-electron chi connectivity index (χ2n) is 4.77. The van der Waals surface area contributed by atoms with Gasteiger partial charge in [0.05, 0.1) is 17.4 Å². The van der Waals surface area contributed by atoms with Crippen molar-refractivity contribution in [2.75, 3.05) is 0 Å². The van der Waals surface area contributed by atoms with Gasteiger partial charge in [0.15, 0.2) is 0 Å². The third kappa shape index (κ3) is 1.66. The minimum Gasteiger partial charge on any atom is -0.455 e. The Hall–Kier alpha value is -2.13. The first-order valence-electron chi connectivity index (χ1n) is 6.19. The largest absolute Gasteiger partial charge is 0.455 e. The molecule has 3 heteroatoms. The highest BCUT2D eigenvalue weighted by atomic mass is 16.3. The van der Waals surface area contributed by atoms with E-state index < -0.39 is 0 Å². The molecule has 3 aromatic rings. The lowest BCUT2D eigenvalue weighted by atomic mass is 10.0. The Morgan fingerprint density at radius 2 is 1.79 bits per heavy atom. The van der Waals surface area contributed by atoms with Crippen molar-refractivity contribution in [3.8, 4) is 0 Å². The van der Waals surface area contributed by atoms with Crippen molar-refractivity contribution in [1.29, 1.82) is 0 Å². The monoisotopic (exact) mass is 254 g/mol. The molecule has 0 saturated heterocycles. The fraction of sp³-hybridized carbons (Fsp3) is 0.188. The summed E-state index contributed by atoms with van der Waals surface area (Å²) < 4.78 is 5.90. The van der Waals surface area contributed by atoms with Gasteiger partial charge in [-0.3, -0.25) is 4.79 Å². The summed E-state index contributed by atoms with van der Waals surface area (Å²) in [7, 11) is 0. The van der Waals surface area contributed by atoms with E-state index in [1.807, 2.05) is 19.9 Å². The average Bonchev–Trinajstić information content (AvgIpc) is 2.43. The predicted molar refractivity (Wildman–Crippen MR) is 75.4 cm³/mol. The van der Waals surface area contributed by atoms with E-state index >= 15 is 0 Å². The molecule has 0 aliphatic carbocycles. The summed E-state index contributed by atoms with van der Waals surface area (Å²) in [4.78, 5) is 12.5. The minimum atomic E-state index is -0.142. The normalized spacial score (nSPS) is 11.3. The summed E-state index contributed by atoms with van der Waals surface area (Å²) >= 11 is 0. The van der Waals surface area contributed by atoms with Gasteiger partial charge in [0, 0.05) is 5.56 Å². The number of aliphatic hydroxyl groups excluding tert-OH is 1. The molecule has 0 saturated carbocycles. The number of rotatable bonds is 1. The van der Waals surface area contributed by atoms with Crippen LogP contribution in [-0.2, 0) is 6.61 Å². The average molecular weight is 254 g/mol. The predicted octanol–water partition coefficient (Wildman–Crippen LogP) is 3.06. The highest BCUT2D eigenvalue weighted by molar-refractivity contribution is 5.92. The lowest BCUT2D eigenvalue weighted by Gasteiger charge is -2.08. The molecule has 0 bridgehead atoms. The van der Waals surface area contributed by atoms with Crippen molar-refractivity contribution in [1.82, 2.24) is 0 Å². The van der Waals surface area contributed by atoms with Gasteiger partial charge in [-0.15, -0.1) is 0 Å². The van der Waals surface area contributed by atoms with Crippen molar-refractivity contribution >= 4 is 21.9 Å². The van der Waals surface area contributed by atoms with Crippen LogP contribution in [-0.4, -0.2) is 5.11 Å². The molecule has 0 spiro atoms. The maximum atomic E-state index is 12.5. The zero-order chi connectivity index (χ0) is 13.6. The molecule has 19 heavy (non-hydrogen) atoms. The number of hydrogen-bond donors (Lipinski definition) is 1. The highest BCUT2D eigenvalue weighted by Crippen LogP contribution is 2.25. The molecule has 3 rings (SSSR count). The van der Waals surface area contributed by atoms with Crippen LogP contribution >= 0.6 is 0 Å². The smallest absolute Gasteiger partial charge is 0.200 e. The van der Waals surface area contributed by atoms with Crippen molar-refractivity contribution in [2.45, 2.75) is 20.5 Å². The molecule has 0 radical (unpaired) electrons. The topological polar surface area (TPSA) is 50.4 Å². The minimum absolute atomic E-state index is 0.0466. The molecule has 1 N–H and O–H groups in total. The number of hydrogen-bond acceptors (Lipinski definition) is 3. The first-order chi connectivity index (χ1) is 9.13. The van der Waals surface area contributed by atoms with Gasteiger partial charge < -0.3 is 9.52 Å². The van der Waals surface area contributed by atoms with Gasteiger partial charge in [0.25, 0.3) is 0 Å². The Balaban J connectivity index is 2.61. The Morgan fingerprint density at radius 3 is 2.53 bits per heavy atom. The summed E-state index contributed by atoms with van der Waals surface area (Å²) in [5.41, 5.74) is 3.72. The van der Waals surface area contributed by atoms with Gasteiger partial charge in [0.1, 0.15) is 11.2 Å².